The van der Waals surface area contributed by atoms with Gasteiger partial charge in [-0.1, -0.05) is 77.8 Å². The largest absolute Gasteiger partial charge is 0.352 e. The molecule has 0 aliphatic heterocycles. The standard InChI is InChI=1S/C23H19Cl2NO/c24-20-10-6-18(7-11-20)22(19-8-12-21(25)13-9-19)16-23(27)26-15-14-17-4-2-1-3-5-17/h1-13,16H,14-15H2,(H,26,27). The average Bonchev–Trinajstić information content (AvgIpc) is 2.69. The highest BCUT2D eigenvalue weighted by Crippen LogP contribution is 2.26. The summed E-state index contributed by atoms with van der Waals surface area (Å²) >= 11 is 12.0. The van der Waals surface area contributed by atoms with Crippen LogP contribution in [0.3, 0.4) is 0 Å². The highest BCUT2D eigenvalue weighted by Gasteiger charge is 2.08. The normalized spacial score (nSPS) is 10.3. The van der Waals surface area contributed by atoms with E-state index in [2.05, 4.69) is 17.4 Å². The molecule has 0 aliphatic carbocycles. The Morgan fingerprint density at radius 3 is 1.81 bits per heavy atom. The molecule has 0 radical (unpaired) electrons. The highest BCUT2D eigenvalue weighted by molar-refractivity contribution is 6.31. The van der Waals surface area contributed by atoms with E-state index in [1.807, 2.05) is 66.7 Å². The quantitative estimate of drug-likeness (QED) is 0.526. The molecule has 0 saturated heterocycles. The number of nitrogens with one attached hydrogen (secondary N) is 1. The highest BCUT2D eigenvalue weighted by atomic mass is 35.5. The van der Waals surface area contributed by atoms with Crippen molar-refractivity contribution in [3.05, 3.63) is 112 Å². The molecular formula is C23H19Cl2NO. The van der Waals surface area contributed by atoms with Crippen LogP contribution in [0.25, 0.3) is 5.57 Å². The third-order valence-electron chi connectivity index (χ3n) is 4.14. The minimum atomic E-state index is -0.133. The predicted octanol–water partition coefficient (Wildman–Crippen LogP) is 5.78. The van der Waals surface area contributed by atoms with Gasteiger partial charge in [-0.2, -0.15) is 0 Å². The smallest absolute Gasteiger partial charge is 0.244 e. The van der Waals surface area contributed by atoms with Crippen molar-refractivity contribution in [2.45, 2.75) is 6.42 Å². The van der Waals surface area contributed by atoms with Crippen LogP contribution in [0.5, 0.6) is 0 Å². The second kappa shape index (κ2) is 9.40. The van der Waals surface area contributed by atoms with Crippen LogP contribution in [0.2, 0.25) is 10.0 Å². The molecule has 2 nitrogen and oxygen atoms in total. The molecule has 3 aromatic carbocycles. The van der Waals surface area contributed by atoms with Crippen molar-refractivity contribution in [2.24, 2.45) is 0 Å². The van der Waals surface area contributed by atoms with E-state index in [4.69, 9.17) is 23.2 Å². The molecule has 0 aromatic heterocycles. The number of hydrogen-bond acceptors (Lipinski definition) is 1. The van der Waals surface area contributed by atoms with Crippen LogP contribution >= 0.6 is 23.2 Å². The minimum Gasteiger partial charge on any atom is -0.352 e. The topological polar surface area (TPSA) is 29.1 Å². The fourth-order valence-electron chi connectivity index (χ4n) is 2.75. The van der Waals surface area contributed by atoms with Gasteiger partial charge in [-0.15, -0.1) is 0 Å². The molecular weight excluding hydrogens is 377 g/mol. The first-order chi connectivity index (χ1) is 13.1. The Hall–Kier alpha value is -2.55. The molecule has 1 amide bonds. The van der Waals surface area contributed by atoms with Gasteiger partial charge in [-0.3, -0.25) is 4.79 Å². The number of carbonyl (C=O) groups excluding carboxylic acids is 1. The summed E-state index contributed by atoms with van der Waals surface area (Å²) < 4.78 is 0. The van der Waals surface area contributed by atoms with Crippen molar-refractivity contribution in [2.75, 3.05) is 6.54 Å². The van der Waals surface area contributed by atoms with Crippen molar-refractivity contribution >= 4 is 34.7 Å². The summed E-state index contributed by atoms with van der Waals surface area (Å²) in [5, 5.41) is 4.26. The van der Waals surface area contributed by atoms with Gasteiger partial charge in [0.2, 0.25) is 5.91 Å². The zero-order valence-electron chi connectivity index (χ0n) is 14.7. The number of carbonyl (C=O) groups is 1. The Bertz CT molecular complexity index is 869. The van der Waals surface area contributed by atoms with Crippen molar-refractivity contribution in [3.63, 3.8) is 0 Å². The van der Waals surface area contributed by atoms with E-state index in [0.29, 0.717) is 16.6 Å². The Kier molecular flexibility index (Phi) is 6.69. The van der Waals surface area contributed by atoms with Gasteiger partial charge >= 0.3 is 0 Å². The van der Waals surface area contributed by atoms with Gasteiger partial charge in [-0.05, 0) is 52.9 Å². The maximum Gasteiger partial charge on any atom is 0.244 e. The molecule has 1 N–H and O–H groups in total. The van der Waals surface area contributed by atoms with E-state index in [9.17, 15) is 4.79 Å². The zero-order valence-corrected chi connectivity index (χ0v) is 16.2. The fraction of sp³-hybridized carbons (Fsp3) is 0.0870. The third kappa shape index (κ3) is 5.72. The van der Waals surface area contributed by atoms with Crippen LogP contribution in [0.1, 0.15) is 16.7 Å². The van der Waals surface area contributed by atoms with Crippen LogP contribution in [-0.2, 0) is 11.2 Å². The number of benzene rings is 3. The Morgan fingerprint density at radius 1 is 0.778 bits per heavy atom. The summed E-state index contributed by atoms with van der Waals surface area (Å²) in [6, 6.07) is 24.9. The maximum absolute atomic E-state index is 12.5. The first-order valence-electron chi connectivity index (χ1n) is 8.67. The molecule has 0 bridgehead atoms. The molecule has 136 valence electrons. The molecule has 0 aliphatic rings. The lowest BCUT2D eigenvalue weighted by Gasteiger charge is -2.10. The fourth-order valence-corrected chi connectivity index (χ4v) is 3.00. The van der Waals surface area contributed by atoms with Crippen molar-refractivity contribution < 1.29 is 4.79 Å². The van der Waals surface area contributed by atoms with Gasteiger partial charge in [0.05, 0.1) is 0 Å². The van der Waals surface area contributed by atoms with Crippen LogP contribution in [0.15, 0.2) is 84.9 Å². The Labute approximate surface area is 169 Å². The molecule has 3 aromatic rings. The Balaban J connectivity index is 1.77. The lowest BCUT2D eigenvalue weighted by molar-refractivity contribution is -0.116. The summed E-state index contributed by atoms with van der Waals surface area (Å²) in [4.78, 5) is 12.5. The molecule has 0 fully saturated rings. The summed E-state index contributed by atoms with van der Waals surface area (Å²) in [6.07, 6.45) is 2.41. The van der Waals surface area contributed by atoms with E-state index in [0.717, 1.165) is 23.1 Å². The SMILES string of the molecule is O=C(C=C(c1ccc(Cl)cc1)c1ccc(Cl)cc1)NCCc1ccccc1. The first kappa shape index (κ1) is 19.2. The van der Waals surface area contributed by atoms with Gasteiger partial charge < -0.3 is 5.32 Å². The minimum absolute atomic E-state index is 0.133. The van der Waals surface area contributed by atoms with E-state index in [1.165, 1.54) is 5.56 Å². The molecule has 0 heterocycles. The van der Waals surface area contributed by atoms with Crippen LogP contribution in [0.4, 0.5) is 0 Å². The zero-order chi connectivity index (χ0) is 19.1. The van der Waals surface area contributed by atoms with E-state index in [1.54, 1.807) is 6.08 Å². The lowest BCUT2D eigenvalue weighted by atomic mass is 9.97. The average molecular weight is 396 g/mol. The van der Waals surface area contributed by atoms with Crippen LogP contribution in [-0.4, -0.2) is 12.5 Å². The van der Waals surface area contributed by atoms with E-state index < -0.39 is 0 Å². The molecule has 0 unspecified atom stereocenters. The predicted molar refractivity (Wildman–Crippen MR) is 113 cm³/mol. The second-order valence-corrected chi connectivity index (χ2v) is 6.97. The molecule has 0 spiro atoms. The van der Waals surface area contributed by atoms with Crippen molar-refractivity contribution in [1.82, 2.24) is 5.32 Å². The molecule has 3 rings (SSSR count). The van der Waals surface area contributed by atoms with E-state index >= 15 is 0 Å². The Morgan fingerprint density at radius 2 is 1.30 bits per heavy atom. The lowest BCUT2D eigenvalue weighted by Crippen LogP contribution is -2.24. The summed E-state index contributed by atoms with van der Waals surface area (Å²) in [5.74, 6) is -0.133. The van der Waals surface area contributed by atoms with Gasteiger partial charge in [-0.25, -0.2) is 0 Å². The van der Waals surface area contributed by atoms with Crippen LogP contribution < -0.4 is 5.32 Å². The number of rotatable bonds is 6. The van der Waals surface area contributed by atoms with Crippen molar-refractivity contribution in [3.8, 4) is 0 Å². The van der Waals surface area contributed by atoms with Gasteiger partial charge in [0.25, 0.3) is 0 Å². The number of amides is 1. The monoisotopic (exact) mass is 395 g/mol. The summed E-state index contributed by atoms with van der Waals surface area (Å²) in [5.41, 5.74) is 3.85. The number of halogens is 2. The second-order valence-electron chi connectivity index (χ2n) is 6.10. The maximum atomic E-state index is 12.5. The van der Waals surface area contributed by atoms with E-state index in [-0.39, 0.29) is 5.91 Å². The first-order valence-corrected chi connectivity index (χ1v) is 9.43. The van der Waals surface area contributed by atoms with Gasteiger partial charge in [0.15, 0.2) is 0 Å². The van der Waals surface area contributed by atoms with Gasteiger partial charge in [0.1, 0.15) is 0 Å². The summed E-state index contributed by atoms with van der Waals surface area (Å²) in [7, 11) is 0. The third-order valence-corrected chi connectivity index (χ3v) is 4.65. The molecule has 0 saturated carbocycles. The van der Waals surface area contributed by atoms with Gasteiger partial charge in [0, 0.05) is 22.7 Å². The van der Waals surface area contributed by atoms with Crippen molar-refractivity contribution in [1.29, 1.82) is 0 Å². The molecule has 27 heavy (non-hydrogen) atoms. The molecule has 4 heteroatoms. The molecule has 0 atom stereocenters. The summed E-state index contributed by atoms with van der Waals surface area (Å²) in [6.45, 7) is 0.577. The van der Waals surface area contributed by atoms with Crippen LogP contribution in [0, 0.1) is 0 Å². The number of hydrogen-bond donors (Lipinski definition) is 1.